The Bertz CT molecular complexity index is 471. The van der Waals surface area contributed by atoms with Gasteiger partial charge in [-0.2, -0.15) is 0 Å². The predicted octanol–water partition coefficient (Wildman–Crippen LogP) is 3.20. The molecule has 0 saturated carbocycles. The van der Waals surface area contributed by atoms with E-state index in [9.17, 15) is 17.2 Å². The van der Waals surface area contributed by atoms with Crippen molar-refractivity contribution in [1.82, 2.24) is 4.98 Å². The third-order valence-corrected chi connectivity index (χ3v) is 4.29. The highest BCUT2D eigenvalue weighted by molar-refractivity contribution is 14.1. The van der Waals surface area contributed by atoms with Crippen molar-refractivity contribution >= 4 is 53.9 Å². The molecule has 0 saturated heterocycles. The molecule has 0 atom stereocenters. The quantitative estimate of drug-likeness (QED) is 0.444. The van der Waals surface area contributed by atoms with Crippen molar-refractivity contribution in [3.05, 3.63) is 20.5 Å². The van der Waals surface area contributed by atoms with Gasteiger partial charge in [-0.05, 0) is 28.7 Å². The molecule has 15 heavy (non-hydrogen) atoms. The van der Waals surface area contributed by atoms with Crippen LogP contribution in [0.15, 0.2) is 11.0 Å². The number of aromatic nitrogens is 1. The van der Waals surface area contributed by atoms with Crippen LogP contribution in [0.2, 0.25) is 5.02 Å². The predicted molar refractivity (Wildman–Crippen MR) is 60.0 cm³/mol. The van der Waals surface area contributed by atoms with Crippen molar-refractivity contribution in [2.75, 3.05) is 0 Å². The maximum atomic E-state index is 12.2. The molecular weight excluding hydrogens is 386 g/mol. The summed E-state index contributed by atoms with van der Waals surface area (Å²) >= 11 is 7.00. The van der Waals surface area contributed by atoms with Crippen LogP contribution in [0.1, 0.15) is 12.1 Å². The largest absolute Gasteiger partial charge is 0.280 e. The highest BCUT2D eigenvalue weighted by atomic mass is 127. The lowest BCUT2D eigenvalue weighted by molar-refractivity contribution is 0.145. The summed E-state index contributed by atoms with van der Waals surface area (Å²) in [6.07, 6.45) is -2.82. The Hall–Kier alpha value is 0.270. The summed E-state index contributed by atoms with van der Waals surface area (Å²) in [7, 11) is 0.975. The Kier molecular flexibility index (Phi) is 4.13. The van der Waals surface area contributed by atoms with Crippen LogP contribution < -0.4 is 0 Å². The Balaban J connectivity index is 3.48. The van der Waals surface area contributed by atoms with Crippen LogP contribution >= 0.6 is 44.9 Å². The van der Waals surface area contributed by atoms with Crippen LogP contribution in [0, 0.1) is 3.70 Å². The molecule has 0 aliphatic rings. The molecule has 1 rings (SSSR count). The average molecular weight is 388 g/mol. The monoisotopic (exact) mass is 387 g/mol. The van der Waals surface area contributed by atoms with Gasteiger partial charge in [-0.3, -0.25) is 0 Å². The first-order valence-corrected chi connectivity index (χ1v) is 7.09. The van der Waals surface area contributed by atoms with Gasteiger partial charge in [0, 0.05) is 10.7 Å². The summed E-state index contributed by atoms with van der Waals surface area (Å²) in [5.74, 6) is 0. The molecule has 0 unspecified atom stereocenters. The molecule has 0 radical (unpaired) electrons. The van der Waals surface area contributed by atoms with Crippen molar-refractivity contribution < 1.29 is 17.2 Å². The van der Waals surface area contributed by atoms with Crippen LogP contribution in [0.4, 0.5) is 8.78 Å². The van der Waals surface area contributed by atoms with Gasteiger partial charge in [-0.1, -0.05) is 11.6 Å². The zero-order chi connectivity index (χ0) is 11.8. The minimum atomic E-state index is -4.08. The van der Waals surface area contributed by atoms with E-state index in [1.807, 2.05) is 0 Å². The molecule has 0 amide bonds. The van der Waals surface area contributed by atoms with E-state index in [2.05, 4.69) is 4.98 Å². The number of hydrogen-bond acceptors (Lipinski definition) is 3. The Morgan fingerprint density at radius 1 is 1.47 bits per heavy atom. The number of halogens is 5. The smallest absolute Gasteiger partial charge is 0.239 e. The van der Waals surface area contributed by atoms with Crippen molar-refractivity contribution in [3.8, 4) is 0 Å². The Labute approximate surface area is 107 Å². The van der Waals surface area contributed by atoms with Crippen molar-refractivity contribution in [2.24, 2.45) is 0 Å². The van der Waals surface area contributed by atoms with Gasteiger partial charge in [0.2, 0.25) is 0 Å². The van der Waals surface area contributed by atoms with E-state index in [0.717, 1.165) is 6.07 Å². The Morgan fingerprint density at radius 2 is 2.00 bits per heavy atom. The molecule has 0 fully saturated rings. The number of rotatable bonds is 2. The third kappa shape index (κ3) is 3.11. The van der Waals surface area contributed by atoms with Crippen molar-refractivity contribution in [1.29, 1.82) is 0 Å². The van der Waals surface area contributed by atoms with Gasteiger partial charge < -0.3 is 0 Å². The number of alkyl halides is 2. The van der Waals surface area contributed by atoms with Crippen LogP contribution in [0.25, 0.3) is 0 Å². The summed E-state index contributed by atoms with van der Waals surface area (Å²) in [5, 5.41) is -0.361. The van der Waals surface area contributed by atoms with E-state index in [1.165, 1.54) is 22.6 Å². The first-order valence-electron chi connectivity index (χ1n) is 3.32. The van der Waals surface area contributed by atoms with Crippen molar-refractivity contribution in [2.45, 2.75) is 11.3 Å². The lowest BCUT2D eigenvalue weighted by atomic mass is 10.4. The fraction of sp³-hybridized carbons (Fsp3) is 0.167. The van der Waals surface area contributed by atoms with E-state index in [-0.39, 0.29) is 8.72 Å². The summed E-state index contributed by atoms with van der Waals surface area (Å²) in [5.41, 5.74) is -0.589. The molecule has 0 aliphatic carbocycles. The second-order valence-electron chi connectivity index (χ2n) is 2.39. The molecule has 9 heteroatoms. The maximum Gasteiger partial charge on any atom is 0.280 e. The van der Waals surface area contributed by atoms with Crippen molar-refractivity contribution in [3.63, 3.8) is 0 Å². The molecule has 1 aromatic rings. The number of hydrogen-bond donors (Lipinski definition) is 0. The normalized spacial score (nSPS) is 12.1. The van der Waals surface area contributed by atoms with Gasteiger partial charge in [0.15, 0.2) is 0 Å². The lowest BCUT2D eigenvalue weighted by Gasteiger charge is -2.05. The molecule has 0 spiro atoms. The molecule has 0 aromatic carbocycles. The average Bonchev–Trinajstić information content (AvgIpc) is 1.99. The first kappa shape index (κ1) is 13.3. The maximum absolute atomic E-state index is 12.2. The van der Waals surface area contributed by atoms with E-state index >= 15 is 0 Å². The molecule has 1 heterocycles. The topological polar surface area (TPSA) is 47.0 Å². The summed E-state index contributed by atoms with van der Waals surface area (Å²) in [6.45, 7) is 0. The standard InChI is InChI=1S/C6H2Cl2F2INO2S/c7-2-1-3(5(9)10)12-6(11)4(2)15(8,13)14/h1,5H. The summed E-state index contributed by atoms with van der Waals surface area (Å²) in [4.78, 5) is 2.94. The van der Waals surface area contributed by atoms with Crippen LogP contribution in [-0.2, 0) is 9.05 Å². The Morgan fingerprint density at radius 3 is 2.33 bits per heavy atom. The zero-order valence-electron chi connectivity index (χ0n) is 6.72. The highest BCUT2D eigenvalue weighted by Crippen LogP contribution is 2.31. The fourth-order valence-corrected chi connectivity index (χ4v) is 4.44. The highest BCUT2D eigenvalue weighted by Gasteiger charge is 2.23. The van der Waals surface area contributed by atoms with E-state index in [4.69, 9.17) is 22.3 Å². The van der Waals surface area contributed by atoms with Gasteiger partial charge in [-0.15, -0.1) is 0 Å². The molecule has 0 bridgehead atoms. The van der Waals surface area contributed by atoms with Gasteiger partial charge in [-0.25, -0.2) is 22.2 Å². The second kappa shape index (κ2) is 4.64. The molecule has 3 nitrogen and oxygen atoms in total. The molecule has 1 aromatic heterocycles. The van der Waals surface area contributed by atoms with Gasteiger partial charge in [0.05, 0.1) is 5.02 Å². The molecule has 84 valence electrons. The lowest BCUT2D eigenvalue weighted by Crippen LogP contribution is -2.02. The van der Waals surface area contributed by atoms with Gasteiger partial charge in [0.25, 0.3) is 15.5 Å². The minimum absolute atomic E-state index is 0.176. The van der Waals surface area contributed by atoms with E-state index in [0.29, 0.717) is 0 Å². The first-order chi connectivity index (χ1) is 6.73. The fourth-order valence-electron chi connectivity index (χ4n) is 0.819. The molecular formula is C6H2Cl2F2INO2S. The number of nitrogens with zero attached hydrogens (tertiary/aromatic N) is 1. The summed E-state index contributed by atoms with van der Waals surface area (Å²) in [6, 6.07) is 0.781. The third-order valence-electron chi connectivity index (χ3n) is 1.37. The van der Waals surface area contributed by atoms with Gasteiger partial charge >= 0.3 is 0 Å². The van der Waals surface area contributed by atoms with E-state index < -0.39 is 26.1 Å². The minimum Gasteiger partial charge on any atom is -0.239 e. The second-order valence-corrected chi connectivity index (χ2v) is 6.32. The summed E-state index contributed by atoms with van der Waals surface area (Å²) < 4.78 is 46.3. The van der Waals surface area contributed by atoms with Crippen LogP contribution in [0.3, 0.4) is 0 Å². The van der Waals surface area contributed by atoms with E-state index in [1.54, 1.807) is 0 Å². The zero-order valence-corrected chi connectivity index (χ0v) is 11.2. The van der Waals surface area contributed by atoms with Crippen LogP contribution in [-0.4, -0.2) is 13.4 Å². The van der Waals surface area contributed by atoms with Crippen LogP contribution in [0.5, 0.6) is 0 Å². The number of pyridine rings is 1. The molecule has 0 N–H and O–H groups in total. The van der Waals surface area contributed by atoms with Gasteiger partial charge in [0.1, 0.15) is 14.3 Å². The molecule has 0 aliphatic heterocycles. The SMILES string of the molecule is O=S(=O)(Cl)c1c(Cl)cc(C(F)F)nc1I.